The molecule has 0 radical (unpaired) electrons. The van der Waals surface area contributed by atoms with Crippen LogP contribution in [0.4, 0.5) is 5.69 Å². The molecule has 0 saturated carbocycles. The largest absolute Gasteiger partial charge is 0.508 e. The molecule has 2 rings (SSSR count). The van der Waals surface area contributed by atoms with Crippen molar-refractivity contribution in [1.29, 1.82) is 0 Å². The molecule has 0 aromatic heterocycles. The number of carbonyl (C=O) groups excluding carboxylic acids is 1. The van der Waals surface area contributed by atoms with Crippen molar-refractivity contribution < 1.29 is 9.90 Å². The molecule has 0 spiro atoms. The average molecular weight is 255 g/mol. The average Bonchev–Trinajstić information content (AvgIpc) is 2.33. The van der Waals surface area contributed by atoms with Gasteiger partial charge in [0.2, 0.25) is 0 Å². The normalized spacial score (nSPS) is 10.3. The van der Waals surface area contributed by atoms with Crippen LogP contribution in [-0.2, 0) is 0 Å². The number of hydrogen-bond donors (Lipinski definition) is 2. The van der Waals surface area contributed by atoms with Crippen LogP contribution in [0, 0.1) is 20.8 Å². The number of amides is 1. The summed E-state index contributed by atoms with van der Waals surface area (Å²) in [6.45, 7) is 5.97. The van der Waals surface area contributed by atoms with Gasteiger partial charge in [0.25, 0.3) is 5.91 Å². The summed E-state index contributed by atoms with van der Waals surface area (Å²) >= 11 is 0. The molecule has 0 saturated heterocycles. The predicted octanol–water partition coefficient (Wildman–Crippen LogP) is 3.57. The fourth-order valence-corrected chi connectivity index (χ4v) is 2.21. The minimum atomic E-state index is -0.217. The highest BCUT2D eigenvalue weighted by molar-refractivity contribution is 6.05. The third-order valence-electron chi connectivity index (χ3n) is 3.02. The molecule has 2 aromatic carbocycles. The number of phenols is 1. The van der Waals surface area contributed by atoms with Gasteiger partial charge in [-0.2, -0.15) is 0 Å². The molecule has 0 aliphatic carbocycles. The van der Waals surface area contributed by atoms with Crippen LogP contribution >= 0.6 is 0 Å². The van der Waals surface area contributed by atoms with Crippen LogP contribution in [-0.4, -0.2) is 11.0 Å². The lowest BCUT2D eigenvalue weighted by Gasteiger charge is -2.13. The minimum Gasteiger partial charge on any atom is -0.508 e. The first-order chi connectivity index (χ1) is 8.97. The number of anilines is 1. The van der Waals surface area contributed by atoms with E-state index in [1.807, 2.05) is 32.9 Å². The van der Waals surface area contributed by atoms with Crippen molar-refractivity contribution in [1.82, 2.24) is 0 Å². The van der Waals surface area contributed by atoms with Gasteiger partial charge in [0.1, 0.15) is 5.75 Å². The number of benzene rings is 2. The Kier molecular flexibility index (Phi) is 3.56. The smallest absolute Gasteiger partial charge is 0.255 e. The Morgan fingerprint density at radius 1 is 1.05 bits per heavy atom. The lowest BCUT2D eigenvalue weighted by atomic mass is 10.0. The Balaban J connectivity index is 2.29. The molecule has 0 aliphatic rings. The second-order valence-corrected chi connectivity index (χ2v) is 4.78. The van der Waals surface area contributed by atoms with Crippen LogP contribution in [0.2, 0.25) is 0 Å². The summed E-state index contributed by atoms with van der Waals surface area (Å²) in [5.74, 6) is -0.129. The van der Waals surface area contributed by atoms with Crippen LogP contribution in [0.15, 0.2) is 36.4 Å². The van der Waals surface area contributed by atoms with E-state index in [0.29, 0.717) is 5.56 Å². The van der Waals surface area contributed by atoms with E-state index in [-0.39, 0.29) is 11.7 Å². The molecular formula is C16H17NO2. The number of carbonyl (C=O) groups is 1. The highest BCUT2D eigenvalue weighted by Gasteiger charge is 2.10. The van der Waals surface area contributed by atoms with E-state index < -0.39 is 0 Å². The molecule has 2 aromatic rings. The topological polar surface area (TPSA) is 49.3 Å². The molecule has 0 atom stereocenters. The molecule has 2 N–H and O–H groups in total. The maximum Gasteiger partial charge on any atom is 0.255 e. The number of aromatic hydroxyl groups is 1. The van der Waals surface area contributed by atoms with E-state index in [9.17, 15) is 9.90 Å². The third-order valence-corrected chi connectivity index (χ3v) is 3.02. The first kappa shape index (κ1) is 13.1. The third kappa shape index (κ3) is 2.94. The Labute approximate surface area is 112 Å². The lowest BCUT2D eigenvalue weighted by molar-refractivity contribution is 0.102. The second-order valence-electron chi connectivity index (χ2n) is 4.78. The quantitative estimate of drug-likeness (QED) is 0.861. The Morgan fingerprint density at radius 3 is 2.26 bits per heavy atom. The van der Waals surface area contributed by atoms with Crippen LogP contribution in [0.1, 0.15) is 27.0 Å². The van der Waals surface area contributed by atoms with Crippen molar-refractivity contribution in [2.24, 2.45) is 0 Å². The van der Waals surface area contributed by atoms with Crippen molar-refractivity contribution in [3.8, 4) is 5.75 Å². The second kappa shape index (κ2) is 5.14. The Morgan fingerprint density at radius 2 is 1.68 bits per heavy atom. The zero-order valence-electron chi connectivity index (χ0n) is 11.3. The summed E-state index contributed by atoms with van der Waals surface area (Å²) < 4.78 is 0. The molecule has 0 bridgehead atoms. The summed E-state index contributed by atoms with van der Waals surface area (Å²) in [6.07, 6.45) is 0. The number of nitrogens with one attached hydrogen (secondary N) is 1. The maximum absolute atomic E-state index is 12.1. The summed E-state index contributed by atoms with van der Waals surface area (Å²) in [7, 11) is 0. The molecule has 1 amide bonds. The van der Waals surface area contributed by atoms with Gasteiger partial charge in [-0.25, -0.2) is 0 Å². The molecule has 0 aliphatic heterocycles. The van der Waals surface area contributed by atoms with Crippen LogP contribution in [0.25, 0.3) is 0 Å². The van der Waals surface area contributed by atoms with Gasteiger partial charge in [-0.05, 0) is 50.1 Å². The van der Waals surface area contributed by atoms with Crippen LogP contribution in [0.3, 0.4) is 0 Å². The molecule has 0 unspecified atom stereocenters. The number of aryl methyl sites for hydroxylation is 3. The van der Waals surface area contributed by atoms with Gasteiger partial charge in [-0.15, -0.1) is 0 Å². The van der Waals surface area contributed by atoms with Crippen molar-refractivity contribution in [2.45, 2.75) is 20.8 Å². The van der Waals surface area contributed by atoms with Gasteiger partial charge in [0.15, 0.2) is 0 Å². The fourth-order valence-electron chi connectivity index (χ4n) is 2.21. The van der Waals surface area contributed by atoms with Gasteiger partial charge in [-0.1, -0.05) is 23.8 Å². The van der Waals surface area contributed by atoms with Crippen LogP contribution < -0.4 is 5.32 Å². The zero-order chi connectivity index (χ0) is 14.0. The van der Waals surface area contributed by atoms with Gasteiger partial charge < -0.3 is 10.4 Å². The van der Waals surface area contributed by atoms with Crippen LogP contribution in [0.5, 0.6) is 5.75 Å². The van der Waals surface area contributed by atoms with E-state index in [4.69, 9.17) is 0 Å². The van der Waals surface area contributed by atoms with Gasteiger partial charge >= 0.3 is 0 Å². The molecular weight excluding hydrogens is 238 g/mol. The molecule has 98 valence electrons. The Bertz CT molecular complexity index is 609. The molecule has 0 fully saturated rings. The summed E-state index contributed by atoms with van der Waals surface area (Å²) in [5.41, 5.74) is 4.51. The van der Waals surface area contributed by atoms with Crippen molar-refractivity contribution in [3.05, 3.63) is 58.7 Å². The highest BCUT2D eigenvalue weighted by atomic mass is 16.3. The Hall–Kier alpha value is -2.29. The van der Waals surface area contributed by atoms with E-state index >= 15 is 0 Å². The molecule has 3 heteroatoms. The number of hydrogen-bond acceptors (Lipinski definition) is 2. The molecule has 3 nitrogen and oxygen atoms in total. The number of phenolic OH excluding ortho intramolecular Hbond substituents is 1. The minimum absolute atomic E-state index is 0.0880. The van der Waals surface area contributed by atoms with E-state index in [0.717, 1.165) is 16.8 Å². The SMILES string of the molecule is Cc1cc(C)c(NC(=O)c2cccc(O)c2)c(C)c1. The zero-order valence-corrected chi connectivity index (χ0v) is 11.3. The number of rotatable bonds is 2. The molecule has 0 heterocycles. The van der Waals surface area contributed by atoms with Gasteiger partial charge in [-0.3, -0.25) is 4.79 Å². The summed E-state index contributed by atoms with van der Waals surface area (Å²) in [6, 6.07) is 10.4. The predicted molar refractivity (Wildman–Crippen MR) is 76.7 cm³/mol. The van der Waals surface area contributed by atoms with E-state index in [2.05, 4.69) is 5.32 Å². The van der Waals surface area contributed by atoms with E-state index in [1.54, 1.807) is 18.2 Å². The van der Waals surface area contributed by atoms with Gasteiger partial charge in [0, 0.05) is 11.3 Å². The fraction of sp³-hybridized carbons (Fsp3) is 0.188. The summed E-state index contributed by atoms with van der Waals surface area (Å²) in [5, 5.41) is 12.3. The lowest BCUT2D eigenvalue weighted by Crippen LogP contribution is -2.13. The van der Waals surface area contributed by atoms with Crippen molar-refractivity contribution in [2.75, 3.05) is 5.32 Å². The van der Waals surface area contributed by atoms with Gasteiger partial charge in [0.05, 0.1) is 0 Å². The first-order valence-corrected chi connectivity index (χ1v) is 6.15. The maximum atomic E-state index is 12.1. The van der Waals surface area contributed by atoms with Crippen molar-refractivity contribution >= 4 is 11.6 Å². The highest BCUT2D eigenvalue weighted by Crippen LogP contribution is 2.23. The van der Waals surface area contributed by atoms with E-state index in [1.165, 1.54) is 11.6 Å². The molecule has 19 heavy (non-hydrogen) atoms. The van der Waals surface area contributed by atoms with Crippen molar-refractivity contribution in [3.63, 3.8) is 0 Å². The standard InChI is InChI=1S/C16H17NO2/c1-10-7-11(2)15(12(3)8-10)17-16(19)13-5-4-6-14(18)9-13/h4-9,18H,1-3H3,(H,17,19). The monoisotopic (exact) mass is 255 g/mol. The first-order valence-electron chi connectivity index (χ1n) is 6.15. The summed E-state index contributed by atoms with van der Waals surface area (Å²) in [4.78, 5) is 12.1.